The Kier molecular flexibility index (Phi) is 4.68. The maximum Gasteiger partial charge on any atom is 0.225 e. The van der Waals surface area contributed by atoms with Gasteiger partial charge < -0.3 is 10.6 Å². The van der Waals surface area contributed by atoms with Crippen molar-refractivity contribution in [2.45, 2.75) is 46.7 Å². The normalized spacial score (nSPS) is 10.9. The largest absolute Gasteiger partial charge is 0.338 e. The molecule has 1 rings (SSSR count). The number of nitrogens with two attached hydrogens (primary N) is 1. The second kappa shape index (κ2) is 5.80. The lowest BCUT2D eigenvalue weighted by atomic mass is 10.2. The van der Waals surface area contributed by atoms with E-state index in [2.05, 4.69) is 35.6 Å². The van der Waals surface area contributed by atoms with Crippen molar-refractivity contribution in [3.05, 3.63) is 17.5 Å². The molecule has 0 aliphatic rings. The van der Waals surface area contributed by atoms with Gasteiger partial charge in [-0.05, 0) is 27.2 Å². The Morgan fingerprint density at radius 1 is 1.44 bits per heavy atom. The summed E-state index contributed by atoms with van der Waals surface area (Å²) in [7, 11) is 0. The Balaban J connectivity index is 2.97. The van der Waals surface area contributed by atoms with Crippen LogP contribution in [0.25, 0.3) is 0 Å². The molecule has 0 radical (unpaired) electrons. The molecule has 0 aromatic carbocycles. The van der Waals surface area contributed by atoms with Gasteiger partial charge >= 0.3 is 0 Å². The molecule has 0 saturated heterocycles. The van der Waals surface area contributed by atoms with Gasteiger partial charge in [0.25, 0.3) is 0 Å². The fraction of sp³-hybridized carbons (Fsp3) is 0.667. The highest BCUT2D eigenvalue weighted by Gasteiger charge is 2.13. The van der Waals surface area contributed by atoms with Crippen molar-refractivity contribution in [2.24, 2.45) is 5.73 Å². The lowest BCUT2D eigenvalue weighted by Crippen LogP contribution is -2.33. The van der Waals surface area contributed by atoms with Crippen LogP contribution in [0.2, 0.25) is 0 Å². The average molecular weight is 222 g/mol. The van der Waals surface area contributed by atoms with Crippen LogP contribution in [0.15, 0.2) is 6.20 Å². The summed E-state index contributed by atoms with van der Waals surface area (Å²) in [6, 6.07) is 0.420. The van der Waals surface area contributed by atoms with Crippen LogP contribution in [0.3, 0.4) is 0 Å². The van der Waals surface area contributed by atoms with Gasteiger partial charge in [-0.1, -0.05) is 6.92 Å². The van der Waals surface area contributed by atoms with Gasteiger partial charge in [-0.25, -0.2) is 9.97 Å². The smallest absolute Gasteiger partial charge is 0.225 e. The molecule has 16 heavy (non-hydrogen) atoms. The van der Waals surface area contributed by atoms with Gasteiger partial charge in [0.1, 0.15) is 0 Å². The highest BCUT2D eigenvalue weighted by atomic mass is 15.3. The fourth-order valence-corrected chi connectivity index (χ4v) is 1.65. The van der Waals surface area contributed by atoms with Gasteiger partial charge in [0, 0.05) is 36.6 Å². The van der Waals surface area contributed by atoms with Gasteiger partial charge in [0.15, 0.2) is 0 Å². The molecule has 4 heteroatoms. The molecule has 0 fully saturated rings. The predicted octanol–water partition coefficient (Wildman–Crippen LogP) is 1.87. The summed E-state index contributed by atoms with van der Waals surface area (Å²) in [6.07, 6.45) is 2.93. The molecule has 1 aromatic heterocycles. The zero-order valence-electron chi connectivity index (χ0n) is 10.7. The van der Waals surface area contributed by atoms with E-state index < -0.39 is 0 Å². The highest BCUT2D eigenvalue weighted by molar-refractivity contribution is 5.33. The molecule has 0 atom stereocenters. The van der Waals surface area contributed by atoms with E-state index in [0.717, 1.165) is 30.2 Å². The van der Waals surface area contributed by atoms with E-state index in [1.165, 1.54) is 0 Å². The van der Waals surface area contributed by atoms with Crippen LogP contribution in [0.1, 0.15) is 38.4 Å². The van der Waals surface area contributed by atoms with Crippen molar-refractivity contribution in [3.8, 4) is 0 Å². The molecule has 1 heterocycles. The van der Waals surface area contributed by atoms with Crippen molar-refractivity contribution in [2.75, 3.05) is 11.4 Å². The summed E-state index contributed by atoms with van der Waals surface area (Å²) in [6.45, 7) is 9.95. The molecule has 4 nitrogen and oxygen atoms in total. The summed E-state index contributed by atoms with van der Waals surface area (Å²) in [5.41, 5.74) is 7.60. The van der Waals surface area contributed by atoms with Gasteiger partial charge in [-0.3, -0.25) is 0 Å². The number of nitrogens with zero attached hydrogens (tertiary/aromatic N) is 3. The molecule has 0 saturated carbocycles. The summed E-state index contributed by atoms with van der Waals surface area (Å²) in [5.74, 6) is 0.812. The summed E-state index contributed by atoms with van der Waals surface area (Å²) >= 11 is 0. The van der Waals surface area contributed by atoms with E-state index in [-0.39, 0.29) is 0 Å². The second-order valence-electron chi connectivity index (χ2n) is 4.27. The van der Waals surface area contributed by atoms with Gasteiger partial charge in [0.05, 0.1) is 0 Å². The number of aryl methyl sites for hydroxylation is 1. The third-order valence-electron chi connectivity index (χ3n) is 2.63. The Hall–Kier alpha value is -1.16. The zero-order chi connectivity index (χ0) is 12.1. The van der Waals surface area contributed by atoms with Crippen LogP contribution in [-0.4, -0.2) is 22.6 Å². The number of rotatable bonds is 5. The number of hydrogen-bond donors (Lipinski definition) is 1. The van der Waals surface area contributed by atoms with Crippen molar-refractivity contribution in [1.82, 2.24) is 9.97 Å². The highest BCUT2D eigenvalue weighted by Crippen LogP contribution is 2.14. The molecule has 90 valence electrons. The monoisotopic (exact) mass is 222 g/mol. The van der Waals surface area contributed by atoms with E-state index in [1.54, 1.807) is 0 Å². The molecule has 2 N–H and O–H groups in total. The Morgan fingerprint density at radius 3 is 2.56 bits per heavy atom. The lowest BCUT2D eigenvalue weighted by molar-refractivity contribution is 0.649. The van der Waals surface area contributed by atoms with Gasteiger partial charge in [-0.2, -0.15) is 0 Å². The summed E-state index contributed by atoms with van der Waals surface area (Å²) in [5, 5.41) is 0. The van der Waals surface area contributed by atoms with Crippen molar-refractivity contribution in [3.63, 3.8) is 0 Å². The SMILES string of the molecule is CCCN(c1ncc(CN)c(C)n1)C(C)C. The summed E-state index contributed by atoms with van der Waals surface area (Å²) in [4.78, 5) is 11.1. The number of hydrogen-bond acceptors (Lipinski definition) is 4. The first-order valence-electron chi connectivity index (χ1n) is 5.89. The number of anilines is 1. The molecule has 0 aliphatic carbocycles. The average Bonchev–Trinajstić information content (AvgIpc) is 2.25. The van der Waals surface area contributed by atoms with E-state index >= 15 is 0 Å². The first-order valence-corrected chi connectivity index (χ1v) is 5.89. The molecular formula is C12H22N4. The zero-order valence-corrected chi connectivity index (χ0v) is 10.7. The molecule has 1 aromatic rings. The van der Waals surface area contributed by atoms with Crippen molar-refractivity contribution < 1.29 is 0 Å². The maximum atomic E-state index is 5.60. The molecule has 0 spiro atoms. The molecule has 0 aliphatic heterocycles. The van der Waals surface area contributed by atoms with E-state index in [4.69, 9.17) is 5.73 Å². The minimum atomic E-state index is 0.420. The lowest BCUT2D eigenvalue weighted by Gasteiger charge is -2.26. The predicted molar refractivity (Wildman–Crippen MR) is 67.4 cm³/mol. The second-order valence-corrected chi connectivity index (χ2v) is 4.27. The van der Waals surface area contributed by atoms with Crippen molar-refractivity contribution >= 4 is 5.95 Å². The minimum Gasteiger partial charge on any atom is -0.338 e. The number of aromatic nitrogens is 2. The van der Waals surface area contributed by atoms with Gasteiger partial charge in [-0.15, -0.1) is 0 Å². The van der Waals surface area contributed by atoms with Gasteiger partial charge in [0.2, 0.25) is 5.95 Å². The Bertz CT molecular complexity index is 336. The van der Waals surface area contributed by atoms with E-state index in [0.29, 0.717) is 12.6 Å². The molecule has 0 unspecified atom stereocenters. The first kappa shape index (κ1) is 12.9. The summed E-state index contributed by atoms with van der Waals surface area (Å²) < 4.78 is 0. The topological polar surface area (TPSA) is 55.0 Å². The quantitative estimate of drug-likeness (QED) is 0.826. The minimum absolute atomic E-state index is 0.420. The van der Waals surface area contributed by atoms with Crippen LogP contribution >= 0.6 is 0 Å². The van der Waals surface area contributed by atoms with Crippen molar-refractivity contribution in [1.29, 1.82) is 0 Å². The standard InChI is InChI=1S/C12H22N4/c1-5-6-16(9(2)3)12-14-8-11(7-13)10(4)15-12/h8-9H,5-7,13H2,1-4H3. The third-order valence-corrected chi connectivity index (χ3v) is 2.63. The molecular weight excluding hydrogens is 200 g/mol. The van der Waals surface area contributed by atoms with E-state index in [1.807, 2.05) is 13.1 Å². The maximum absolute atomic E-state index is 5.60. The van der Waals surface area contributed by atoms with Crippen LogP contribution in [-0.2, 0) is 6.54 Å². The molecule has 0 bridgehead atoms. The fourth-order valence-electron chi connectivity index (χ4n) is 1.65. The van der Waals surface area contributed by atoms with Crippen LogP contribution in [0, 0.1) is 6.92 Å². The molecule has 0 amide bonds. The Labute approximate surface area is 97.9 Å². The van der Waals surface area contributed by atoms with Crippen LogP contribution in [0.4, 0.5) is 5.95 Å². The van der Waals surface area contributed by atoms with Crippen LogP contribution in [0.5, 0.6) is 0 Å². The van der Waals surface area contributed by atoms with E-state index in [9.17, 15) is 0 Å². The Morgan fingerprint density at radius 2 is 2.12 bits per heavy atom. The first-order chi connectivity index (χ1) is 7.60. The van der Waals surface area contributed by atoms with Crippen LogP contribution < -0.4 is 10.6 Å². The third kappa shape index (κ3) is 2.92.